The topological polar surface area (TPSA) is 21.3 Å². The van der Waals surface area contributed by atoms with Gasteiger partial charge < -0.3 is 10.1 Å². The fourth-order valence-electron chi connectivity index (χ4n) is 2.60. The highest BCUT2D eigenvalue weighted by Gasteiger charge is 2.31. The van der Waals surface area contributed by atoms with E-state index in [1.165, 1.54) is 12.1 Å². The van der Waals surface area contributed by atoms with Crippen molar-refractivity contribution in [2.45, 2.75) is 50.6 Å². The first-order valence-electron chi connectivity index (χ1n) is 7.08. The first-order valence-corrected chi connectivity index (χ1v) is 7.08. The monoisotopic (exact) mass is 305 g/mol. The lowest BCUT2D eigenvalue weighted by Crippen LogP contribution is -2.37. The van der Waals surface area contributed by atoms with Crippen molar-refractivity contribution in [3.05, 3.63) is 35.6 Å². The maximum Gasteiger partial charge on any atom is 0.411 e. The zero-order valence-corrected chi connectivity index (χ0v) is 11.6. The van der Waals surface area contributed by atoms with Crippen LogP contribution in [0.1, 0.15) is 31.2 Å². The van der Waals surface area contributed by atoms with E-state index < -0.39 is 12.8 Å². The molecule has 0 saturated heterocycles. The van der Waals surface area contributed by atoms with Crippen LogP contribution >= 0.6 is 0 Å². The summed E-state index contributed by atoms with van der Waals surface area (Å²) in [4.78, 5) is 0. The predicted molar refractivity (Wildman–Crippen MR) is 71.3 cm³/mol. The fraction of sp³-hybridized carbons (Fsp3) is 0.600. The van der Waals surface area contributed by atoms with Crippen LogP contribution in [0.4, 0.5) is 17.6 Å². The summed E-state index contributed by atoms with van der Waals surface area (Å²) < 4.78 is 54.4. The molecule has 0 bridgehead atoms. The minimum Gasteiger partial charge on any atom is -0.369 e. The minimum atomic E-state index is -4.28. The van der Waals surface area contributed by atoms with Gasteiger partial charge in [0.15, 0.2) is 0 Å². The van der Waals surface area contributed by atoms with Gasteiger partial charge in [-0.2, -0.15) is 13.2 Å². The lowest BCUT2D eigenvalue weighted by molar-refractivity contribution is -0.188. The zero-order valence-electron chi connectivity index (χ0n) is 11.6. The SMILES string of the molecule is Fc1cccc(CNC2CCCC(OCC(F)(F)F)C2)c1. The van der Waals surface area contributed by atoms with Crippen molar-refractivity contribution in [2.75, 3.05) is 6.61 Å². The highest BCUT2D eigenvalue weighted by Crippen LogP contribution is 2.24. The van der Waals surface area contributed by atoms with Gasteiger partial charge in [0, 0.05) is 12.6 Å². The molecule has 2 rings (SSSR count). The van der Waals surface area contributed by atoms with Crippen LogP contribution < -0.4 is 5.32 Å². The number of ether oxygens (including phenoxy) is 1. The van der Waals surface area contributed by atoms with E-state index in [-0.39, 0.29) is 18.0 Å². The smallest absolute Gasteiger partial charge is 0.369 e. The van der Waals surface area contributed by atoms with E-state index in [1.807, 2.05) is 6.07 Å². The van der Waals surface area contributed by atoms with Crippen molar-refractivity contribution >= 4 is 0 Å². The Morgan fingerprint density at radius 2 is 2.05 bits per heavy atom. The van der Waals surface area contributed by atoms with Gasteiger partial charge in [0.25, 0.3) is 0 Å². The molecule has 1 aromatic carbocycles. The number of alkyl halides is 3. The molecule has 2 atom stereocenters. The highest BCUT2D eigenvalue weighted by atomic mass is 19.4. The fourth-order valence-corrected chi connectivity index (χ4v) is 2.60. The van der Waals surface area contributed by atoms with E-state index in [0.717, 1.165) is 18.4 Å². The van der Waals surface area contributed by atoms with Crippen LogP contribution in [0.15, 0.2) is 24.3 Å². The summed E-state index contributed by atoms with van der Waals surface area (Å²) in [5, 5.41) is 3.26. The van der Waals surface area contributed by atoms with Crippen LogP contribution in [0.5, 0.6) is 0 Å². The van der Waals surface area contributed by atoms with Crippen LogP contribution in [0.25, 0.3) is 0 Å². The number of hydrogen-bond acceptors (Lipinski definition) is 2. The average molecular weight is 305 g/mol. The summed E-state index contributed by atoms with van der Waals surface area (Å²) in [6.45, 7) is -0.678. The Labute approximate surface area is 121 Å². The van der Waals surface area contributed by atoms with Crippen molar-refractivity contribution in [3.8, 4) is 0 Å². The lowest BCUT2D eigenvalue weighted by atomic mass is 9.92. The Kier molecular flexibility index (Phi) is 5.58. The standard InChI is InChI=1S/C15H19F4NO/c16-12-4-1-3-11(7-12)9-20-13-5-2-6-14(8-13)21-10-15(17,18)19/h1,3-4,7,13-14,20H,2,5-6,8-10H2. The third kappa shape index (κ3) is 6.01. The maximum atomic E-state index is 13.1. The molecule has 6 heteroatoms. The molecular weight excluding hydrogens is 286 g/mol. The van der Waals surface area contributed by atoms with Gasteiger partial charge in [0.05, 0.1) is 6.10 Å². The first-order chi connectivity index (χ1) is 9.92. The summed E-state index contributed by atoms with van der Waals surface area (Å²) in [5.41, 5.74) is 0.827. The maximum absolute atomic E-state index is 13.1. The normalized spacial score (nSPS) is 23.2. The van der Waals surface area contributed by atoms with Gasteiger partial charge in [0.2, 0.25) is 0 Å². The Bertz CT molecular complexity index is 450. The Morgan fingerprint density at radius 3 is 2.76 bits per heavy atom. The van der Waals surface area contributed by atoms with Gasteiger partial charge >= 0.3 is 6.18 Å². The third-order valence-electron chi connectivity index (χ3n) is 3.59. The Hall–Kier alpha value is -1.14. The number of benzene rings is 1. The second-order valence-electron chi connectivity index (χ2n) is 5.42. The second kappa shape index (κ2) is 7.22. The van der Waals surface area contributed by atoms with Gasteiger partial charge in [-0.05, 0) is 43.4 Å². The molecular formula is C15H19F4NO. The van der Waals surface area contributed by atoms with Crippen molar-refractivity contribution in [3.63, 3.8) is 0 Å². The van der Waals surface area contributed by atoms with Gasteiger partial charge in [-0.15, -0.1) is 0 Å². The second-order valence-corrected chi connectivity index (χ2v) is 5.42. The molecule has 2 unspecified atom stereocenters. The largest absolute Gasteiger partial charge is 0.411 e. The van der Waals surface area contributed by atoms with Gasteiger partial charge in [-0.1, -0.05) is 12.1 Å². The van der Waals surface area contributed by atoms with E-state index in [1.54, 1.807) is 6.07 Å². The zero-order chi connectivity index (χ0) is 15.3. The van der Waals surface area contributed by atoms with Crippen molar-refractivity contribution < 1.29 is 22.3 Å². The molecule has 0 aliphatic heterocycles. The molecule has 1 aliphatic rings. The van der Waals surface area contributed by atoms with Gasteiger partial charge in [-0.3, -0.25) is 0 Å². The molecule has 0 aromatic heterocycles. The Morgan fingerprint density at radius 1 is 1.24 bits per heavy atom. The first kappa shape index (κ1) is 16.2. The molecule has 2 nitrogen and oxygen atoms in total. The summed E-state index contributed by atoms with van der Waals surface area (Å²) in [5.74, 6) is -0.288. The molecule has 1 aromatic rings. The summed E-state index contributed by atoms with van der Waals surface area (Å²) in [7, 11) is 0. The van der Waals surface area contributed by atoms with E-state index in [4.69, 9.17) is 4.74 Å². The molecule has 0 amide bonds. The highest BCUT2D eigenvalue weighted by molar-refractivity contribution is 5.16. The molecule has 0 heterocycles. The van der Waals surface area contributed by atoms with E-state index in [9.17, 15) is 17.6 Å². The molecule has 1 N–H and O–H groups in total. The van der Waals surface area contributed by atoms with Gasteiger partial charge in [0.1, 0.15) is 12.4 Å². The minimum absolute atomic E-state index is 0.111. The van der Waals surface area contributed by atoms with E-state index in [0.29, 0.717) is 19.4 Å². The van der Waals surface area contributed by atoms with Gasteiger partial charge in [-0.25, -0.2) is 4.39 Å². The quantitative estimate of drug-likeness (QED) is 0.835. The molecule has 1 fully saturated rings. The van der Waals surface area contributed by atoms with Crippen LogP contribution in [0, 0.1) is 5.82 Å². The number of halogens is 4. The molecule has 118 valence electrons. The summed E-state index contributed by atoms with van der Waals surface area (Å²) in [6, 6.07) is 6.40. The van der Waals surface area contributed by atoms with Crippen LogP contribution in [-0.2, 0) is 11.3 Å². The number of hydrogen-bond donors (Lipinski definition) is 1. The van der Waals surface area contributed by atoms with Crippen LogP contribution in [-0.4, -0.2) is 24.9 Å². The van der Waals surface area contributed by atoms with Crippen molar-refractivity contribution in [1.82, 2.24) is 5.32 Å². The van der Waals surface area contributed by atoms with Crippen molar-refractivity contribution in [1.29, 1.82) is 0 Å². The lowest BCUT2D eigenvalue weighted by Gasteiger charge is -2.30. The van der Waals surface area contributed by atoms with E-state index >= 15 is 0 Å². The molecule has 21 heavy (non-hydrogen) atoms. The molecule has 1 aliphatic carbocycles. The molecule has 0 radical (unpaired) electrons. The average Bonchev–Trinajstić information content (AvgIpc) is 2.43. The van der Waals surface area contributed by atoms with Crippen LogP contribution in [0.3, 0.4) is 0 Å². The Balaban J connectivity index is 1.76. The molecule has 0 spiro atoms. The number of rotatable bonds is 5. The van der Waals surface area contributed by atoms with Crippen LogP contribution in [0.2, 0.25) is 0 Å². The summed E-state index contributed by atoms with van der Waals surface area (Å²) in [6.07, 6.45) is -1.67. The molecule has 1 saturated carbocycles. The number of nitrogens with one attached hydrogen (secondary N) is 1. The summed E-state index contributed by atoms with van der Waals surface area (Å²) >= 11 is 0. The third-order valence-corrected chi connectivity index (χ3v) is 3.59. The van der Waals surface area contributed by atoms with E-state index in [2.05, 4.69) is 5.32 Å². The van der Waals surface area contributed by atoms with Crippen molar-refractivity contribution in [2.24, 2.45) is 0 Å². The predicted octanol–water partition coefficient (Wildman–Crippen LogP) is 3.81.